The summed E-state index contributed by atoms with van der Waals surface area (Å²) in [4.78, 5) is 38.3. The van der Waals surface area contributed by atoms with Gasteiger partial charge in [-0.05, 0) is 68.1 Å². The lowest BCUT2D eigenvalue weighted by atomic mass is 9.81. The molecule has 1 aliphatic heterocycles. The van der Waals surface area contributed by atoms with Gasteiger partial charge < -0.3 is 0 Å². The molecule has 0 radical (unpaired) electrons. The number of Topliss-reactive ketones (excluding diaryl/α,β-unsaturated/α-hetero) is 1. The first-order chi connectivity index (χ1) is 15.2. The number of imide groups is 1. The molecule has 1 N–H and O–H groups in total. The molecule has 1 aliphatic carbocycles. The summed E-state index contributed by atoms with van der Waals surface area (Å²) >= 11 is 0. The molecule has 2 amide bonds. The van der Waals surface area contributed by atoms with Crippen LogP contribution in [0.2, 0.25) is 0 Å². The second kappa shape index (κ2) is 8.50. The second-order valence-corrected chi connectivity index (χ2v) is 10.2. The van der Waals surface area contributed by atoms with Gasteiger partial charge >= 0.3 is 0 Å². The molecule has 32 heavy (non-hydrogen) atoms. The molecule has 4 rings (SSSR count). The number of aryl methyl sites for hydroxylation is 1. The molecule has 0 spiro atoms. The molecule has 2 fully saturated rings. The summed E-state index contributed by atoms with van der Waals surface area (Å²) in [7, 11) is -3.90. The third-order valence-electron chi connectivity index (χ3n) is 6.36. The maximum Gasteiger partial charge on any atom is 0.262 e. The average molecular weight is 455 g/mol. The Kier molecular flexibility index (Phi) is 5.90. The van der Waals surface area contributed by atoms with Gasteiger partial charge in [-0.2, -0.15) is 0 Å². The molecule has 2 aromatic rings. The zero-order valence-electron chi connectivity index (χ0n) is 18.1. The Morgan fingerprint density at radius 1 is 1.00 bits per heavy atom. The van der Waals surface area contributed by atoms with E-state index in [9.17, 15) is 22.8 Å². The fourth-order valence-electron chi connectivity index (χ4n) is 4.58. The van der Waals surface area contributed by atoms with Crippen LogP contribution in [0.3, 0.4) is 0 Å². The van der Waals surface area contributed by atoms with E-state index in [2.05, 4.69) is 4.72 Å². The third-order valence-corrected chi connectivity index (χ3v) is 7.88. The fourth-order valence-corrected chi connectivity index (χ4v) is 5.94. The first-order valence-electron chi connectivity index (χ1n) is 10.8. The topological polar surface area (TPSA) is 101 Å². The number of nitrogens with zero attached hydrogens (tertiary/aromatic N) is 1. The summed E-state index contributed by atoms with van der Waals surface area (Å²) in [5.41, 5.74) is 1.97. The Morgan fingerprint density at radius 2 is 1.59 bits per heavy atom. The number of hydrogen-bond acceptors (Lipinski definition) is 5. The fraction of sp³-hybridized carbons (Fsp3) is 0.375. The Labute approximate surface area is 187 Å². The number of anilines is 1. The lowest BCUT2D eigenvalue weighted by molar-refractivity contribution is -0.140. The predicted octanol–water partition coefficient (Wildman–Crippen LogP) is 3.67. The second-order valence-electron chi connectivity index (χ2n) is 8.60. The number of benzene rings is 2. The van der Waals surface area contributed by atoms with Gasteiger partial charge in [-0.3, -0.25) is 24.0 Å². The maximum absolute atomic E-state index is 13.0. The van der Waals surface area contributed by atoms with Gasteiger partial charge in [0.1, 0.15) is 0 Å². The number of rotatable bonds is 6. The summed E-state index contributed by atoms with van der Waals surface area (Å²) < 4.78 is 28.6. The highest BCUT2D eigenvalue weighted by Crippen LogP contribution is 2.38. The minimum Gasteiger partial charge on any atom is -0.295 e. The SMILES string of the molecule is CC(=O)c1ccc(NS(=O)(=O)c2cc(CN3C(=O)[C@H]4CCCC[C@H]4C3=O)ccc2C)cc1. The van der Waals surface area contributed by atoms with Gasteiger partial charge in [-0.25, -0.2) is 8.42 Å². The van der Waals surface area contributed by atoms with E-state index in [4.69, 9.17) is 0 Å². The van der Waals surface area contributed by atoms with Crippen molar-refractivity contribution in [3.63, 3.8) is 0 Å². The quantitative estimate of drug-likeness (QED) is 0.530. The van der Waals surface area contributed by atoms with E-state index in [-0.39, 0.29) is 40.9 Å². The molecule has 8 heteroatoms. The van der Waals surface area contributed by atoms with Crippen LogP contribution in [0.4, 0.5) is 5.69 Å². The van der Waals surface area contributed by atoms with Gasteiger partial charge in [-0.1, -0.05) is 25.0 Å². The number of ketones is 1. The summed E-state index contributed by atoms with van der Waals surface area (Å²) in [6.45, 7) is 3.21. The van der Waals surface area contributed by atoms with Crippen molar-refractivity contribution in [3.05, 3.63) is 59.2 Å². The highest BCUT2D eigenvalue weighted by Gasteiger charge is 2.47. The minimum absolute atomic E-state index is 0.0702. The molecule has 2 aromatic carbocycles. The first-order valence-corrected chi connectivity index (χ1v) is 12.2. The van der Waals surface area contributed by atoms with Crippen LogP contribution in [0.5, 0.6) is 0 Å². The zero-order chi connectivity index (χ0) is 23.0. The van der Waals surface area contributed by atoms with Crippen molar-refractivity contribution >= 4 is 33.3 Å². The number of fused-ring (bicyclic) bond motifs is 1. The molecule has 7 nitrogen and oxygen atoms in total. The van der Waals surface area contributed by atoms with Gasteiger partial charge in [-0.15, -0.1) is 0 Å². The number of amides is 2. The van der Waals surface area contributed by atoms with Crippen LogP contribution in [-0.4, -0.2) is 30.9 Å². The summed E-state index contributed by atoms with van der Waals surface area (Å²) in [5, 5.41) is 0. The molecule has 2 atom stereocenters. The third kappa shape index (κ3) is 4.19. The van der Waals surface area contributed by atoms with Crippen LogP contribution in [0.1, 0.15) is 54.1 Å². The van der Waals surface area contributed by atoms with E-state index in [1.807, 2.05) is 0 Å². The smallest absolute Gasteiger partial charge is 0.262 e. The highest BCUT2D eigenvalue weighted by atomic mass is 32.2. The number of nitrogens with one attached hydrogen (secondary N) is 1. The van der Waals surface area contributed by atoms with Crippen molar-refractivity contribution in [1.29, 1.82) is 0 Å². The molecule has 1 heterocycles. The summed E-state index contributed by atoms with van der Waals surface area (Å²) in [6, 6.07) is 11.2. The van der Waals surface area contributed by atoms with Gasteiger partial charge in [0.2, 0.25) is 11.8 Å². The Bertz CT molecular complexity index is 1160. The highest BCUT2D eigenvalue weighted by molar-refractivity contribution is 7.92. The van der Waals surface area contributed by atoms with Crippen LogP contribution in [-0.2, 0) is 26.2 Å². The largest absolute Gasteiger partial charge is 0.295 e. The Hall–Kier alpha value is -3.00. The predicted molar refractivity (Wildman–Crippen MR) is 119 cm³/mol. The van der Waals surface area contributed by atoms with Crippen molar-refractivity contribution < 1.29 is 22.8 Å². The molecule has 0 unspecified atom stereocenters. The van der Waals surface area contributed by atoms with Gasteiger partial charge in [0.25, 0.3) is 10.0 Å². The minimum atomic E-state index is -3.90. The monoisotopic (exact) mass is 454 g/mol. The number of carbonyl (C=O) groups is 3. The van der Waals surface area contributed by atoms with Crippen molar-refractivity contribution in [3.8, 4) is 0 Å². The molecule has 168 valence electrons. The van der Waals surface area contributed by atoms with Crippen molar-refractivity contribution in [2.45, 2.75) is 51.0 Å². The Balaban J connectivity index is 1.56. The standard InChI is InChI=1S/C24H26N2O5S/c1-15-7-8-17(14-26-23(28)20-5-3-4-6-21(20)24(26)29)13-22(15)32(30,31)25-19-11-9-18(10-12-19)16(2)27/h7-13,20-21,25H,3-6,14H2,1-2H3/t20-,21+. The number of hydrogen-bond donors (Lipinski definition) is 1. The molecular formula is C24H26N2O5S. The van der Waals surface area contributed by atoms with E-state index in [1.165, 1.54) is 30.0 Å². The van der Waals surface area contributed by atoms with Gasteiger partial charge in [0.15, 0.2) is 5.78 Å². The van der Waals surface area contributed by atoms with Crippen molar-refractivity contribution in [2.24, 2.45) is 11.8 Å². The van der Waals surface area contributed by atoms with E-state index in [0.29, 0.717) is 22.4 Å². The molecule has 1 saturated heterocycles. The summed E-state index contributed by atoms with van der Waals surface area (Å²) in [6.07, 6.45) is 3.40. The lowest BCUT2D eigenvalue weighted by Crippen LogP contribution is -2.30. The first kappa shape index (κ1) is 22.2. The van der Waals surface area contributed by atoms with Crippen LogP contribution in [0.25, 0.3) is 0 Å². The van der Waals surface area contributed by atoms with Gasteiger partial charge in [0.05, 0.1) is 23.3 Å². The van der Waals surface area contributed by atoms with E-state index >= 15 is 0 Å². The molecule has 1 saturated carbocycles. The van der Waals surface area contributed by atoms with E-state index in [0.717, 1.165) is 25.7 Å². The van der Waals surface area contributed by atoms with Gasteiger partial charge in [0, 0.05) is 11.3 Å². The zero-order valence-corrected chi connectivity index (χ0v) is 18.9. The van der Waals surface area contributed by atoms with Crippen LogP contribution < -0.4 is 4.72 Å². The van der Waals surface area contributed by atoms with Crippen LogP contribution >= 0.6 is 0 Å². The van der Waals surface area contributed by atoms with Crippen molar-refractivity contribution in [2.75, 3.05) is 4.72 Å². The number of sulfonamides is 1. The molecular weight excluding hydrogens is 428 g/mol. The molecule has 0 bridgehead atoms. The molecule has 2 aliphatic rings. The van der Waals surface area contributed by atoms with Crippen molar-refractivity contribution in [1.82, 2.24) is 4.90 Å². The Morgan fingerprint density at radius 3 is 2.16 bits per heavy atom. The number of likely N-dealkylation sites (tertiary alicyclic amines) is 1. The lowest BCUT2D eigenvalue weighted by Gasteiger charge is -2.19. The van der Waals surface area contributed by atoms with E-state index in [1.54, 1.807) is 31.2 Å². The normalized spacial score (nSPS) is 20.9. The molecule has 0 aromatic heterocycles. The average Bonchev–Trinajstić information content (AvgIpc) is 3.00. The summed E-state index contributed by atoms with van der Waals surface area (Å²) in [5.74, 6) is -0.857. The van der Waals surface area contributed by atoms with Crippen LogP contribution in [0.15, 0.2) is 47.4 Å². The van der Waals surface area contributed by atoms with Crippen LogP contribution in [0, 0.1) is 18.8 Å². The maximum atomic E-state index is 13.0. The number of carbonyl (C=O) groups excluding carboxylic acids is 3. The van der Waals surface area contributed by atoms with E-state index < -0.39 is 10.0 Å².